The molecule has 344 valence electrons. The summed E-state index contributed by atoms with van der Waals surface area (Å²) in [5, 5.41) is 0. The zero-order chi connectivity index (χ0) is 42.3. The average Bonchev–Trinajstić information content (AvgIpc) is 3.22. The molecule has 0 bridgehead atoms. The van der Waals surface area contributed by atoms with Gasteiger partial charge in [-0.3, -0.25) is 14.4 Å². The van der Waals surface area contributed by atoms with Crippen molar-refractivity contribution in [2.75, 3.05) is 13.2 Å². The number of hydrogen-bond acceptors (Lipinski definition) is 6. The Morgan fingerprint density at radius 1 is 0.276 bits per heavy atom. The third-order valence-corrected chi connectivity index (χ3v) is 11.9. The average molecular weight is 821 g/mol. The second kappa shape index (κ2) is 48.1. The lowest BCUT2D eigenvalue weighted by molar-refractivity contribution is -0.167. The second-order valence-electron chi connectivity index (χ2n) is 17.8. The molecule has 0 saturated carbocycles. The van der Waals surface area contributed by atoms with Crippen LogP contribution in [0, 0.1) is 0 Å². The summed E-state index contributed by atoms with van der Waals surface area (Å²) in [5.41, 5.74) is 0. The summed E-state index contributed by atoms with van der Waals surface area (Å²) in [5.74, 6) is -0.841. The molecule has 58 heavy (non-hydrogen) atoms. The van der Waals surface area contributed by atoms with Crippen molar-refractivity contribution in [1.29, 1.82) is 0 Å². The fourth-order valence-electron chi connectivity index (χ4n) is 7.92. The SMILES string of the molecule is CCCCCCCCCCCCCCCCCC(=O)O[C@@H](COC(=O)CCCCCCCCCCCCC)COC(=O)CCCCCCCCCCCCCCCC. The molecule has 0 amide bonds. The van der Waals surface area contributed by atoms with E-state index in [1.807, 2.05) is 0 Å². The smallest absolute Gasteiger partial charge is 0.306 e. The highest BCUT2D eigenvalue weighted by atomic mass is 16.6. The fourth-order valence-corrected chi connectivity index (χ4v) is 7.92. The number of esters is 3. The quantitative estimate of drug-likeness (QED) is 0.0346. The van der Waals surface area contributed by atoms with Crippen LogP contribution in [0.25, 0.3) is 0 Å². The molecule has 0 aliphatic rings. The fraction of sp³-hybridized carbons (Fsp3) is 0.942. The first-order valence-electron chi connectivity index (χ1n) is 26.0. The standard InChI is InChI=1S/C52H100O6/c1-4-7-10-13-16-19-22-24-26-28-31-34-37-40-43-46-52(55)58-49(47-56-50(53)44-41-38-35-32-29-21-18-15-12-9-6-3)48-57-51(54)45-42-39-36-33-30-27-25-23-20-17-14-11-8-5-2/h49H,4-48H2,1-3H3/t49-/m0/s1. The maximum atomic E-state index is 12.8. The van der Waals surface area contributed by atoms with E-state index in [-0.39, 0.29) is 31.1 Å². The van der Waals surface area contributed by atoms with E-state index < -0.39 is 6.10 Å². The summed E-state index contributed by atoms with van der Waals surface area (Å²) in [6.07, 6.45) is 50.8. The molecule has 0 aliphatic carbocycles. The monoisotopic (exact) mass is 821 g/mol. The van der Waals surface area contributed by atoms with E-state index in [0.717, 1.165) is 57.8 Å². The van der Waals surface area contributed by atoms with Crippen LogP contribution in [-0.2, 0) is 28.6 Å². The van der Waals surface area contributed by atoms with E-state index in [4.69, 9.17) is 14.2 Å². The molecule has 6 heteroatoms. The molecule has 6 nitrogen and oxygen atoms in total. The molecule has 0 saturated heterocycles. The van der Waals surface area contributed by atoms with Crippen LogP contribution in [0.1, 0.15) is 297 Å². The van der Waals surface area contributed by atoms with Crippen molar-refractivity contribution in [3.05, 3.63) is 0 Å². The van der Waals surface area contributed by atoms with E-state index >= 15 is 0 Å². The normalized spacial score (nSPS) is 11.8. The van der Waals surface area contributed by atoms with Crippen LogP contribution >= 0.6 is 0 Å². The Labute approximate surface area is 361 Å². The highest BCUT2D eigenvalue weighted by Gasteiger charge is 2.19. The molecular weight excluding hydrogens is 721 g/mol. The van der Waals surface area contributed by atoms with Gasteiger partial charge in [-0.15, -0.1) is 0 Å². The molecule has 1 atom stereocenters. The summed E-state index contributed by atoms with van der Waals surface area (Å²) in [7, 11) is 0. The Morgan fingerprint density at radius 3 is 0.690 bits per heavy atom. The number of carbonyl (C=O) groups is 3. The van der Waals surface area contributed by atoms with Crippen molar-refractivity contribution in [3.63, 3.8) is 0 Å². The molecule has 0 N–H and O–H groups in total. The molecule has 0 unspecified atom stereocenters. The van der Waals surface area contributed by atoms with Crippen LogP contribution in [0.4, 0.5) is 0 Å². The van der Waals surface area contributed by atoms with Gasteiger partial charge in [0.15, 0.2) is 6.10 Å². The Bertz CT molecular complexity index is 859. The number of unbranched alkanes of at least 4 members (excludes halogenated alkanes) is 37. The third kappa shape index (κ3) is 45.5. The summed E-state index contributed by atoms with van der Waals surface area (Å²) in [6.45, 7) is 6.68. The molecule has 0 rings (SSSR count). The molecule has 0 aliphatic heterocycles. The molecule has 0 aromatic rings. The van der Waals surface area contributed by atoms with Crippen LogP contribution in [-0.4, -0.2) is 37.2 Å². The van der Waals surface area contributed by atoms with Crippen molar-refractivity contribution >= 4 is 17.9 Å². The lowest BCUT2D eigenvalue weighted by Gasteiger charge is -2.18. The van der Waals surface area contributed by atoms with Gasteiger partial charge >= 0.3 is 17.9 Å². The topological polar surface area (TPSA) is 78.9 Å². The van der Waals surface area contributed by atoms with Crippen LogP contribution < -0.4 is 0 Å². The van der Waals surface area contributed by atoms with Gasteiger partial charge in [0.1, 0.15) is 13.2 Å². The first-order chi connectivity index (χ1) is 28.5. The molecule has 0 fully saturated rings. The molecule has 0 aromatic heterocycles. The predicted molar refractivity (Wildman–Crippen MR) is 247 cm³/mol. The van der Waals surface area contributed by atoms with Crippen molar-refractivity contribution < 1.29 is 28.6 Å². The van der Waals surface area contributed by atoms with Crippen molar-refractivity contribution in [2.24, 2.45) is 0 Å². The minimum Gasteiger partial charge on any atom is -0.462 e. The molecule has 0 spiro atoms. The third-order valence-electron chi connectivity index (χ3n) is 11.9. The molecule has 0 aromatic carbocycles. The molecular formula is C52H100O6. The first kappa shape index (κ1) is 56.4. The Kier molecular flexibility index (Phi) is 46.8. The van der Waals surface area contributed by atoms with Crippen LogP contribution in [0.15, 0.2) is 0 Å². The van der Waals surface area contributed by atoms with E-state index in [1.54, 1.807) is 0 Å². The van der Waals surface area contributed by atoms with Crippen molar-refractivity contribution in [1.82, 2.24) is 0 Å². The highest BCUT2D eigenvalue weighted by Crippen LogP contribution is 2.17. The minimum atomic E-state index is -0.759. The maximum absolute atomic E-state index is 12.8. The lowest BCUT2D eigenvalue weighted by atomic mass is 10.0. The molecule has 0 heterocycles. The Morgan fingerprint density at radius 2 is 0.466 bits per heavy atom. The predicted octanol–water partition coefficient (Wildman–Crippen LogP) is 16.8. The van der Waals surface area contributed by atoms with Crippen molar-refractivity contribution in [3.8, 4) is 0 Å². The maximum Gasteiger partial charge on any atom is 0.306 e. The Hall–Kier alpha value is -1.59. The number of carbonyl (C=O) groups excluding carboxylic acids is 3. The summed E-state index contributed by atoms with van der Waals surface area (Å²) < 4.78 is 16.8. The van der Waals surface area contributed by atoms with Crippen LogP contribution in [0.5, 0.6) is 0 Å². The van der Waals surface area contributed by atoms with Gasteiger partial charge in [0.2, 0.25) is 0 Å². The van der Waals surface area contributed by atoms with E-state index in [1.165, 1.54) is 199 Å². The zero-order valence-corrected chi connectivity index (χ0v) is 39.3. The van der Waals surface area contributed by atoms with Gasteiger partial charge < -0.3 is 14.2 Å². The van der Waals surface area contributed by atoms with E-state index in [0.29, 0.717) is 19.3 Å². The Balaban J connectivity index is 4.30. The first-order valence-corrected chi connectivity index (χ1v) is 26.0. The highest BCUT2D eigenvalue weighted by molar-refractivity contribution is 5.71. The summed E-state index contributed by atoms with van der Waals surface area (Å²) >= 11 is 0. The van der Waals surface area contributed by atoms with Gasteiger partial charge in [-0.05, 0) is 19.3 Å². The number of rotatable bonds is 48. The van der Waals surface area contributed by atoms with Gasteiger partial charge in [0.25, 0.3) is 0 Å². The largest absolute Gasteiger partial charge is 0.462 e. The summed E-state index contributed by atoms with van der Waals surface area (Å²) in [6, 6.07) is 0. The van der Waals surface area contributed by atoms with Gasteiger partial charge in [-0.1, -0.05) is 258 Å². The molecule has 0 radical (unpaired) electrons. The summed E-state index contributed by atoms with van der Waals surface area (Å²) in [4.78, 5) is 37.9. The lowest BCUT2D eigenvalue weighted by Crippen LogP contribution is -2.30. The van der Waals surface area contributed by atoms with Crippen LogP contribution in [0.2, 0.25) is 0 Å². The van der Waals surface area contributed by atoms with E-state index in [2.05, 4.69) is 20.8 Å². The van der Waals surface area contributed by atoms with Gasteiger partial charge in [0, 0.05) is 19.3 Å². The van der Waals surface area contributed by atoms with Crippen molar-refractivity contribution in [2.45, 2.75) is 303 Å². The number of ether oxygens (including phenoxy) is 3. The zero-order valence-electron chi connectivity index (χ0n) is 39.3. The van der Waals surface area contributed by atoms with Gasteiger partial charge in [-0.2, -0.15) is 0 Å². The number of hydrogen-bond donors (Lipinski definition) is 0. The van der Waals surface area contributed by atoms with Gasteiger partial charge in [0.05, 0.1) is 0 Å². The van der Waals surface area contributed by atoms with Gasteiger partial charge in [-0.25, -0.2) is 0 Å². The van der Waals surface area contributed by atoms with E-state index in [9.17, 15) is 14.4 Å². The minimum absolute atomic E-state index is 0.0617. The second-order valence-corrected chi connectivity index (χ2v) is 17.8. The van der Waals surface area contributed by atoms with Crippen LogP contribution in [0.3, 0.4) is 0 Å².